The van der Waals surface area contributed by atoms with Gasteiger partial charge in [-0.3, -0.25) is 4.79 Å². The third-order valence-corrected chi connectivity index (χ3v) is 3.50. The number of hydrogen-bond acceptors (Lipinski definition) is 6. The normalized spacial score (nSPS) is 10.7. The minimum atomic E-state index is -0.211. The number of carbonyl (C=O) groups excluding carboxylic acids is 1. The van der Waals surface area contributed by atoms with Gasteiger partial charge in [-0.05, 0) is 43.4 Å². The number of carbonyl (C=O) groups is 1. The molecule has 0 saturated carbocycles. The van der Waals surface area contributed by atoms with Gasteiger partial charge in [0.1, 0.15) is 11.6 Å². The van der Waals surface area contributed by atoms with Crippen molar-refractivity contribution in [2.24, 2.45) is 5.92 Å². The molecule has 0 aliphatic carbocycles. The highest BCUT2D eigenvalue weighted by Crippen LogP contribution is 2.21. The van der Waals surface area contributed by atoms with Gasteiger partial charge in [0.15, 0.2) is 5.16 Å². The highest BCUT2D eigenvalue weighted by atomic mass is 32.2. The van der Waals surface area contributed by atoms with Crippen molar-refractivity contribution in [2.45, 2.75) is 32.3 Å². The van der Waals surface area contributed by atoms with E-state index in [1.807, 2.05) is 45.2 Å². The minimum Gasteiger partial charge on any atom is -0.427 e. The van der Waals surface area contributed by atoms with Gasteiger partial charge in [-0.2, -0.15) is 0 Å². The van der Waals surface area contributed by atoms with Gasteiger partial charge in [0.05, 0.1) is 0 Å². The number of nitrogens with zero attached hydrogens (tertiary/aromatic N) is 2. The van der Waals surface area contributed by atoms with Gasteiger partial charge in [-0.1, -0.05) is 25.6 Å². The third kappa shape index (κ3) is 5.56. The fourth-order valence-electron chi connectivity index (χ4n) is 1.96. The molecule has 0 aliphatic rings. The Hall–Kier alpha value is -2.08. The lowest BCUT2D eigenvalue weighted by Crippen LogP contribution is -2.10. The van der Waals surface area contributed by atoms with Crippen LogP contribution in [0.25, 0.3) is 0 Å². The Morgan fingerprint density at radius 1 is 1.26 bits per heavy atom. The zero-order chi connectivity index (χ0) is 16.8. The van der Waals surface area contributed by atoms with Gasteiger partial charge < -0.3 is 10.1 Å². The van der Waals surface area contributed by atoms with Crippen LogP contribution in [0.4, 0.5) is 11.5 Å². The zero-order valence-corrected chi connectivity index (χ0v) is 14.6. The summed E-state index contributed by atoms with van der Waals surface area (Å²) in [5, 5.41) is 3.96. The van der Waals surface area contributed by atoms with E-state index in [1.54, 1.807) is 12.1 Å². The van der Waals surface area contributed by atoms with E-state index in [2.05, 4.69) is 15.3 Å². The van der Waals surface area contributed by atoms with Crippen molar-refractivity contribution in [3.8, 4) is 5.75 Å². The van der Waals surface area contributed by atoms with E-state index < -0.39 is 0 Å². The molecule has 2 rings (SSSR count). The van der Waals surface area contributed by atoms with E-state index in [1.165, 1.54) is 11.8 Å². The van der Waals surface area contributed by atoms with Gasteiger partial charge in [-0.15, -0.1) is 0 Å². The van der Waals surface area contributed by atoms with Crippen LogP contribution in [0.3, 0.4) is 0 Å². The summed E-state index contributed by atoms with van der Waals surface area (Å²) in [6, 6.07) is 9.13. The van der Waals surface area contributed by atoms with Crippen LogP contribution < -0.4 is 10.1 Å². The Balaban J connectivity index is 2.02. The smallest absolute Gasteiger partial charge is 0.311 e. The molecule has 122 valence electrons. The molecule has 2 aromatic rings. The summed E-state index contributed by atoms with van der Waals surface area (Å²) in [4.78, 5) is 20.4. The maximum absolute atomic E-state index is 11.6. The first kappa shape index (κ1) is 17.3. The first-order chi connectivity index (χ1) is 11.0. The molecule has 0 radical (unpaired) electrons. The van der Waals surface area contributed by atoms with Gasteiger partial charge in [0.2, 0.25) is 0 Å². The fourth-order valence-corrected chi connectivity index (χ4v) is 2.38. The molecule has 5 nitrogen and oxygen atoms in total. The largest absolute Gasteiger partial charge is 0.427 e. The van der Waals surface area contributed by atoms with Crippen LogP contribution >= 0.6 is 11.8 Å². The third-order valence-electron chi connectivity index (χ3n) is 2.95. The van der Waals surface area contributed by atoms with E-state index in [4.69, 9.17) is 4.74 Å². The lowest BCUT2D eigenvalue weighted by atomic mass is 10.1. The molecular weight excluding hydrogens is 310 g/mol. The van der Waals surface area contributed by atoms with Crippen LogP contribution in [0, 0.1) is 12.8 Å². The Bertz CT molecular complexity index is 672. The molecule has 0 atom stereocenters. The highest BCUT2D eigenvalue weighted by molar-refractivity contribution is 7.98. The molecule has 1 aromatic carbocycles. The molecule has 1 N–H and O–H groups in total. The molecule has 0 spiro atoms. The number of hydrogen-bond donors (Lipinski definition) is 1. The molecular formula is C17H21N3O2S. The summed E-state index contributed by atoms with van der Waals surface area (Å²) < 4.78 is 5.29. The maximum Gasteiger partial charge on any atom is 0.311 e. The predicted octanol–water partition coefficient (Wildman–Crippen LogP) is 4.20. The molecule has 23 heavy (non-hydrogen) atoms. The number of thioether (sulfide) groups is 1. The second-order valence-corrected chi connectivity index (χ2v) is 6.38. The monoisotopic (exact) mass is 331 g/mol. The lowest BCUT2D eigenvalue weighted by molar-refractivity contribution is -0.135. The van der Waals surface area contributed by atoms with Gasteiger partial charge >= 0.3 is 5.97 Å². The number of esters is 1. The molecule has 0 unspecified atom stereocenters. The zero-order valence-electron chi connectivity index (χ0n) is 13.8. The molecule has 1 aromatic heterocycles. The Labute approximate surface area is 140 Å². The van der Waals surface area contributed by atoms with Crippen molar-refractivity contribution in [3.05, 3.63) is 36.0 Å². The van der Waals surface area contributed by atoms with Crippen molar-refractivity contribution in [3.63, 3.8) is 0 Å². The quantitative estimate of drug-likeness (QED) is 0.370. The van der Waals surface area contributed by atoms with E-state index in [0.717, 1.165) is 22.4 Å². The van der Waals surface area contributed by atoms with Crippen LogP contribution in [0.15, 0.2) is 35.5 Å². The van der Waals surface area contributed by atoms with E-state index in [0.29, 0.717) is 12.2 Å². The molecule has 0 fully saturated rings. The summed E-state index contributed by atoms with van der Waals surface area (Å²) >= 11 is 1.50. The van der Waals surface area contributed by atoms with Crippen LogP contribution in [0.2, 0.25) is 0 Å². The van der Waals surface area contributed by atoms with Crippen LogP contribution in [-0.4, -0.2) is 22.2 Å². The van der Waals surface area contributed by atoms with E-state index in [9.17, 15) is 4.79 Å². The van der Waals surface area contributed by atoms with Gasteiger partial charge in [-0.25, -0.2) is 9.97 Å². The Kier molecular flexibility index (Phi) is 5.98. The molecule has 0 saturated heterocycles. The fraction of sp³-hybridized carbons (Fsp3) is 0.353. The molecule has 0 bridgehead atoms. The SMILES string of the molecule is CSc1nc(C)cc(Nc2ccc(OC(=O)CC(C)C)cc2)n1. The topological polar surface area (TPSA) is 64.1 Å². The second kappa shape index (κ2) is 7.97. The van der Waals surface area contributed by atoms with E-state index >= 15 is 0 Å². The highest BCUT2D eigenvalue weighted by Gasteiger charge is 2.08. The maximum atomic E-state index is 11.6. The van der Waals surface area contributed by atoms with Crippen molar-refractivity contribution in [2.75, 3.05) is 11.6 Å². The van der Waals surface area contributed by atoms with Crippen molar-refractivity contribution >= 4 is 29.2 Å². The Morgan fingerprint density at radius 3 is 2.57 bits per heavy atom. The molecule has 6 heteroatoms. The van der Waals surface area contributed by atoms with Crippen LogP contribution in [0.1, 0.15) is 26.0 Å². The van der Waals surface area contributed by atoms with Crippen LogP contribution in [-0.2, 0) is 4.79 Å². The molecule has 1 heterocycles. The van der Waals surface area contributed by atoms with E-state index in [-0.39, 0.29) is 11.9 Å². The molecule has 0 amide bonds. The van der Waals surface area contributed by atoms with Crippen molar-refractivity contribution < 1.29 is 9.53 Å². The first-order valence-electron chi connectivity index (χ1n) is 7.43. The number of rotatable bonds is 6. The number of aromatic nitrogens is 2. The standard InChI is InChI=1S/C17H21N3O2S/c1-11(2)9-16(21)22-14-7-5-13(6-8-14)19-15-10-12(3)18-17(20-15)23-4/h5-8,10-11H,9H2,1-4H3,(H,18,19,20). The predicted molar refractivity (Wildman–Crippen MR) is 93.4 cm³/mol. The Morgan fingerprint density at radius 2 is 1.96 bits per heavy atom. The average Bonchev–Trinajstić information content (AvgIpc) is 2.47. The minimum absolute atomic E-state index is 0.211. The summed E-state index contributed by atoms with van der Waals surface area (Å²) in [5.74, 6) is 1.36. The van der Waals surface area contributed by atoms with Crippen LogP contribution in [0.5, 0.6) is 5.75 Å². The average molecular weight is 331 g/mol. The summed E-state index contributed by atoms with van der Waals surface area (Å²) in [6.45, 7) is 5.91. The first-order valence-corrected chi connectivity index (χ1v) is 8.66. The second-order valence-electron chi connectivity index (χ2n) is 5.60. The number of benzene rings is 1. The number of nitrogens with one attached hydrogen (secondary N) is 1. The summed E-state index contributed by atoms with van der Waals surface area (Å²) in [6.07, 6.45) is 2.36. The van der Waals surface area contributed by atoms with Gasteiger partial charge in [0, 0.05) is 23.9 Å². The number of ether oxygens (including phenoxy) is 1. The van der Waals surface area contributed by atoms with Gasteiger partial charge in [0.25, 0.3) is 0 Å². The summed E-state index contributed by atoms with van der Waals surface area (Å²) in [7, 11) is 0. The van der Waals surface area contributed by atoms with Crippen molar-refractivity contribution in [1.82, 2.24) is 9.97 Å². The number of anilines is 2. The lowest BCUT2D eigenvalue weighted by Gasteiger charge is -2.09. The summed E-state index contributed by atoms with van der Waals surface area (Å²) in [5.41, 5.74) is 1.78. The molecule has 0 aliphatic heterocycles. The van der Waals surface area contributed by atoms with Crippen molar-refractivity contribution in [1.29, 1.82) is 0 Å². The number of aryl methyl sites for hydroxylation is 1.